The SMILES string of the molecule is C=C(C)C(O)CCC(C)=CCc1cc2ccc(=O)oc2cc1O. The number of fused-ring (bicyclic) bond motifs is 1. The molecule has 0 spiro atoms. The highest BCUT2D eigenvalue weighted by molar-refractivity contribution is 5.79. The highest BCUT2D eigenvalue weighted by Gasteiger charge is 2.07. The molecule has 0 saturated carbocycles. The molecule has 2 aromatic rings. The van der Waals surface area contributed by atoms with Crippen molar-refractivity contribution in [2.75, 3.05) is 0 Å². The normalized spacial score (nSPS) is 13.3. The number of aromatic hydroxyl groups is 1. The van der Waals surface area contributed by atoms with Crippen molar-refractivity contribution in [2.45, 2.75) is 39.2 Å². The Morgan fingerprint density at radius 1 is 1.35 bits per heavy atom. The fourth-order valence-corrected chi connectivity index (χ4v) is 2.31. The van der Waals surface area contributed by atoms with E-state index in [4.69, 9.17) is 4.42 Å². The van der Waals surface area contributed by atoms with Gasteiger partial charge >= 0.3 is 5.63 Å². The number of allylic oxidation sites excluding steroid dienone is 2. The zero-order valence-corrected chi connectivity index (χ0v) is 13.5. The van der Waals surface area contributed by atoms with Gasteiger partial charge in [0.2, 0.25) is 0 Å². The third-order valence-corrected chi connectivity index (χ3v) is 3.87. The summed E-state index contributed by atoms with van der Waals surface area (Å²) >= 11 is 0. The van der Waals surface area contributed by atoms with Crippen molar-refractivity contribution in [3.05, 3.63) is 64.1 Å². The van der Waals surface area contributed by atoms with Crippen LogP contribution in [0.4, 0.5) is 0 Å². The lowest BCUT2D eigenvalue weighted by Gasteiger charge is -2.10. The first kappa shape index (κ1) is 17.0. The summed E-state index contributed by atoms with van der Waals surface area (Å²) in [6.45, 7) is 7.56. The Morgan fingerprint density at radius 3 is 2.78 bits per heavy atom. The van der Waals surface area contributed by atoms with Crippen LogP contribution in [0.15, 0.2) is 57.3 Å². The summed E-state index contributed by atoms with van der Waals surface area (Å²) < 4.78 is 5.04. The highest BCUT2D eigenvalue weighted by Crippen LogP contribution is 2.25. The van der Waals surface area contributed by atoms with Crippen molar-refractivity contribution in [2.24, 2.45) is 0 Å². The second-order valence-electron chi connectivity index (χ2n) is 5.93. The maximum atomic E-state index is 11.2. The number of aliphatic hydroxyl groups excluding tert-OH is 1. The summed E-state index contributed by atoms with van der Waals surface area (Å²) in [5, 5.41) is 20.6. The number of hydrogen-bond donors (Lipinski definition) is 2. The minimum absolute atomic E-state index is 0.109. The van der Waals surface area contributed by atoms with Crippen molar-refractivity contribution >= 4 is 11.0 Å². The molecule has 2 N–H and O–H groups in total. The Morgan fingerprint density at radius 2 is 2.09 bits per heavy atom. The first-order valence-corrected chi connectivity index (χ1v) is 7.61. The molecular formula is C19H22O4. The third kappa shape index (κ3) is 4.57. The Labute approximate surface area is 135 Å². The van der Waals surface area contributed by atoms with Crippen LogP contribution in [0.2, 0.25) is 0 Å². The molecule has 0 saturated heterocycles. The molecule has 1 aromatic heterocycles. The zero-order chi connectivity index (χ0) is 17.0. The quantitative estimate of drug-likeness (QED) is 0.630. The molecule has 0 fully saturated rings. The standard InChI is InChI=1S/C19H22O4/c1-12(2)16(20)8-5-13(3)4-6-14-10-15-7-9-19(22)23-18(15)11-17(14)21/h4,7,9-11,16,20-21H,1,5-6,8H2,2-3H3. The van der Waals surface area contributed by atoms with Gasteiger partial charge in [-0.15, -0.1) is 0 Å². The second-order valence-corrected chi connectivity index (χ2v) is 5.93. The van der Waals surface area contributed by atoms with Gasteiger partial charge in [-0.2, -0.15) is 0 Å². The van der Waals surface area contributed by atoms with Crippen LogP contribution in [0, 0.1) is 0 Å². The fraction of sp³-hybridized carbons (Fsp3) is 0.316. The number of aliphatic hydroxyl groups is 1. The average Bonchev–Trinajstić information content (AvgIpc) is 2.50. The molecule has 1 heterocycles. The van der Waals surface area contributed by atoms with Crippen molar-refractivity contribution in [3.63, 3.8) is 0 Å². The first-order valence-electron chi connectivity index (χ1n) is 7.61. The van der Waals surface area contributed by atoms with Crippen molar-refractivity contribution in [1.82, 2.24) is 0 Å². The van der Waals surface area contributed by atoms with Crippen LogP contribution in [-0.4, -0.2) is 16.3 Å². The van der Waals surface area contributed by atoms with E-state index in [0.717, 1.165) is 28.5 Å². The van der Waals surface area contributed by atoms with Crippen molar-refractivity contribution in [3.8, 4) is 5.75 Å². The smallest absolute Gasteiger partial charge is 0.336 e. The van der Waals surface area contributed by atoms with Crippen LogP contribution in [0.5, 0.6) is 5.75 Å². The van der Waals surface area contributed by atoms with E-state index in [1.807, 2.05) is 26.0 Å². The lowest BCUT2D eigenvalue weighted by molar-refractivity contribution is 0.201. The molecule has 0 bridgehead atoms. The molecule has 23 heavy (non-hydrogen) atoms. The van der Waals surface area contributed by atoms with E-state index >= 15 is 0 Å². The van der Waals surface area contributed by atoms with Gasteiger partial charge in [0.1, 0.15) is 11.3 Å². The van der Waals surface area contributed by atoms with E-state index in [1.165, 1.54) is 12.1 Å². The Bertz CT molecular complexity index is 799. The van der Waals surface area contributed by atoms with E-state index in [1.54, 1.807) is 6.07 Å². The minimum Gasteiger partial charge on any atom is -0.508 e. The van der Waals surface area contributed by atoms with Gasteiger partial charge in [0.15, 0.2) is 0 Å². The molecule has 0 amide bonds. The largest absolute Gasteiger partial charge is 0.508 e. The minimum atomic E-state index is -0.477. The van der Waals surface area contributed by atoms with Gasteiger partial charge in [-0.25, -0.2) is 4.79 Å². The van der Waals surface area contributed by atoms with Gasteiger partial charge in [-0.1, -0.05) is 23.8 Å². The zero-order valence-electron chi connectivity index (χ0n) is 13.5. The predicted molar refractivity (Wildman–Crippen MR) is 91.7 cm³/mol. The number of benzene rings is 1. The van der Waals surface area contributed by atoms with Gasteiger partial charge in [0.25, 0.3) is 0 Å². The number of rotatable bonds is 6. The molecule has 0 radical (unpaired) electrons. The molecular weight excluding hydrogens is 292 g/mol. The van der Waals surface area contributed by atoms with Gasteiger partial charge < -0.3 is 14.6 Å². The maximum absolute atomic E-state index is 11.2. The Hall–Kier alpha value is -2.33. The topological polar surface area (TPSA) is 70.7 Å². The van der Waals surface area contributed by atoms with Crippen LogP contribution in [-0.2, 0) is 6.42 Å². The molecule has 1 unspecified atom stereocenters. The summed E-state index contributed by atoms with van der Waals surface area (Å²) in [7, 11) is 0. The summed E-state index contributed by atoms with van der Waals surface area (Å²) in [5.74, 6) is 0.109. The van der Waals surface area contributed by atoms with Crippen molar-refractivity contribution < 1.29 is 14.6 Å². The lowest BCUT2D eigenvalue weighted by Crippen LogP contribution is -2.06. The lowest BCUT2D eigenvalue weighted by atomic mass is 10.0. The second kappa shape index (κ2) is 7.29. The van der Waals surface area contributed by atoms with E-state index in [9.17, 15) is 15.0 Å². The van der Waals surface area contributed by atoms with E-state index < -0.39 is 11.7 Å². The maximum Gasteiger partial charge on any atom is 0.336 e. The third-order valence-electron chi connectivity index (χ3n) is 3.87. The van der Waals surface area contributed by atoms with Crippen LogP contribution in [0.1, 0.15) is 32.3 Å². The van der Waals surface area contributed by atoms with Crippen LogP contribution in [0.3, 0.4) is 0 Å². The monoisotopic (exact) mass is 314 g/mol. The molecule has 122 valence electrons. The van der Waals surface area contributed by atoms with Crippen molar-refractivity contribution in [1.29, 1.82) is 0 Å². The molecule has 1 atom stereocenters. The fourth-order valence-electron chi connectivity index (χ4n) is 2.31. The molecule has 0 aliphatic rings. The van der Waals surface area contributed by atoms with Crippen LogP contribution >= 0.6 is 0 Å². The molecule has 0 aliphatic carbocycles. The van der Waals surface area contributed by atoms with Crippen LogP contribution < -0.4 is 5.63 Å². The number of phenols is 1. The first-order chi connectivity index (χ1) is 10.9. The average molecular weight is 314 g/mol. The molecule has 4 nitrogen and oxygen atoms in total. The molecule has 0 aliphatic heterocycles. The summed E-state index contributed by atoms with van der Waals surface area (Å²) in [6, 6.07) is 6.34. The van der Waals surface area contributed by atoms with Crippen LogP contribution in [0.25, 0.3) is 11.0 Å². The summed E-state index contributed by atoms with van der Waals surface area (Å²) in [6.07, 6.45) is 3.56. The number of phenolic OH excluding ortho intramolecular Hbond substituents is 1. The summed E-state index contributed by atoms with van der Waals surface area (Å²) in [4.78, 5) is 11.2. The predicted octanol–water partition coefficient (Wildman–Crippen LogP) is 3.70. The van der Waals surface area contributed by atoms with E-state index in [0.29, 0.717) is 18.4 Å². The Balaban J connectivity index is 2.10. The molecule has 2 rings (SSSR count). The number of hydrogen-bond acceptors (Lipinski definition) is 4. The van der Waals surface area contributed by atoms with E-state index in [-0.39, 0.29) is 5.75 Å². The molecule has 4 heteroatoms. The van der Waals surface area contributed by atoms with Gasteiger partial charge in [0.05, 0.1) is 6.10 Å². The molecule has 1 aromatic carbocycles. The summed E-state index contributed by atoms with van der Waals surface area (Å²) in [5.41, 5.74) is 2.63. The van der Waals surface area contributed by atoms with E-state index in [2.05, 4.69) is 6.58 Å². The highest BCUT2D eigenvalue weighted by atomic mass is 16.4. The van der Waals surface area contributed by atoms with Gasteiger partial charge in [0, 0.05) is 17.5 Å². The van der Waals surface area contributed by atoms with Gasteiger partial charge in [-0.3, -0.25) is 0 Å². The Kier molecular flexibility index (Phi) is 5.40. The van der Waals surface area contributed by atoms with Gasteiger partial charge in [-0.05, 0) is 50.8 Å².